The van der Waals surface area contributed by atoms with Crippen molar-refractivity contribution in [3.8, 4) is 0 Å². The van der Waals surface area contributed by atoms with Crippen LogP contribution in [-0.4, -0.2) is 4.98 Å². The van der Waals surface area contributed by atoms with Crippen molar-refractivity contribution in [2.45, 2.75) is 0 Å². The van der Waals surface area contributed by atoms with Crippen molar-refractivity contribution in [2.24, 2.45) is 0 Å². The van der Waals surface area contributed by atoms with Crippen LogP contribution in [0.4, 0.5) is 17.2 Å². The van der Waals surface area contributed by atoms with Crippen molar-refractivity contribution >= 4 is 54.4 Å². The van der Waals surface area contributed by atoms with Crippen LogP contribution in [0.25, 0.3) is 0 Å². The van der Waals surface area contributed by atoms with Gasteiger partial charge < -0.3 is 11.1 Å². The van der Waals surface area contributed by atoms with Gasteiger partial charge in [-0.3, -0.25) is 0 Å². The molecule has 0 bridgehead atoms. The van der Waals surface area contributed by atoms with Crippen molar-refractivity contribution in [3.63, 3.8) is 0 Å². The number of halogens is 3. The summed E-state index contributed by atoms with van der Waals surface area (Å²) in [5.41, 5.74) is 7.32. The molecule has 0 saturated carbocycles. The first kappa shape index (κ1) is 18.2. The standard InChI is InChI=1S/C11H11N3.3ClH/c12-9-4-6-10(7-5-9)14-11-3-1-2-8-13-11;;;/h1-8H,12H2,(H,13,14);3*1H. The lowest BCUT2D eigenvalue weighted by atomic mass is 10.3. The third-order valence-electron chi connectivity index (χ3n) is 1.85. The molecule has 94 valence electrons. The molecule has 0 aliphatic carbocycles. The minimum atomic E-state index is 0. The SMILES string of the molecule is Cl.Cl.Cl.Nc1ccc(Nc2ccccn2)cc1. The van der Waals surface area contributed by atoms with Gasteiger partial charge in [0, 0.05) is 17.6 Å². The van der Waals surface area contributed by atoms with Crippen LogP contribution < -0.4 is 11.1 Å². The van der Waals surface area contributed by atoms with Crippen molar-refractivity contribution in [3.05, 3.63) is 48.7 Å². The number of nitrogens with zero attached hydrogens (tertiary/aromatic N) is 1. The van der Waals surface area contributed by atoms with Crippen molar-refractivity contribution in [1.29, 1.82) is 0 Å². The van der Waals surface area contributed by atoms with Gasteiger partial charge in [0.05, 0.1) is 0 Å². The first-order chi connectivity index (χ1) is 6.84. The monoisotopic (exact) mass is 293 g/mol. The predicted molar refractivity (Wildman–Crippen MR) is 80.1 cm³/mol. The second-order valence-electron chi connectivity index (χ2n) is 2.96. The highest BCUT2D eigenvalue weighted by molar-refractivity contribution is 5.86. The summed E-state index contributed by atoms with van der Waals surface area (Å²) in [5, 5.41) is 3.16. The first-order valence-corrected chi connectivity index (χ1v) is 4.38. The number of pyridine rings is 1. The molecular weight excluding hydrogens is 281 g/mol. The van der Waals surface area contributed by atoms with Crippen LogP contribution in [0.3, 0.4) is 0 Å². The smallest absolute Gasteiger partial charge is 0.130 e. The Labute approximate surface area is 119 Å². The van der Waals surface area contributed by atoms with Crippen LogP contribution in [0.5, 0.6) is 0 Å². The minimum Gasteiger partial charge on any atom is -0.399 e. The van der Waals surface area contributed by atoms with E-state index in [1.54, 1.807) is 6.20 Å². The Balaban J connectivity index is 0. The number of rotatable bonds is 2. The van der Waals surface area contributed by atoms with Crippen molar-refractivity contribution < 1.29 is 0 Å². The maximum Gasteiger partial charge on any atom is 0.130 e. The quantitative estimate of drug-likeness (QED) is 0.831. The molecule has 0 fully saturated rings. The summed E-state index contributed by atoms with van der Waals surface area (Å²) < 4.78 is 0. The Morgan fingerprint density at radius 2 is 1.53 bits per heavy atom. The Kier molecular flexibility index (Phi) is 9.57. The minimum absolute atomic E-state index is 0. The first-order valence-electron chi connectivity index (χ1n) is 4.38. The molecule has 3 nitrogen and oxygen atoms in total. The topological polar surface area (TPSA) is 50.9 Å². The Bertz CT molecular complexity index is 406. The van der Waals surface area contributed by atoms with E-state index in [9.17, 15) is 0 Å². The molecule has 1 aromatic heterocycles. The molecule has 0 spiro atoms. The van der Waals surface area contributed by atoms with Gasteiger partial charge in [0.1, 0.15) is 5.82 Å². The summed E-state index contributed by atoms with van der Waals surface area (Å²) in [6.45, 7) is 0. The number of nitrogens with one attached hydrogen (secondary N) is 1. The zero-order valence-corrected chi connectivity index (χ0v) is 11.3. The van der Waals surface area contributed by atoms with Crippen molar-refractivity contribution in [2.75, 3.05) is 11.1 Å². The highest BCUT2D eigenvalue weighted by Gasteiger charge is 1.93. The van der Waals surface area contributed by atoms with Crippen LogP contribution in [0, 0.1) is 0 Å². The van der Waals surface area contributed by atoms with E-state index in [0.29, 0.717) is 0 Å². The van der Waals surface area contributed by atoms with Crippen LogP contribution in [0.1, 0.15) is 0 Å². The molecule has 0 atom stereocenters. The largest absolute Gasteiger partial charge is 0.399 e. The van der Waals surface area contributed by atoms with E-state index in [0.717, 1.165) is 17.2 Å². The van der Waals surface area contributed by atoms with Gasteiger partial charge in [0.2, 0.25) is 0 Å². The van der Waals surface area contributed by atoms with Gasteiger partial charge in [-0.05, 0) is 36.4 Å². The van der Waals surface area contributed by atoms with Crippen LogP contribution in [0.2, 0.25) is 0 Å². The predicted octanol–water partition coefficient (Wildman–Crippen LogP) is 3.67. The second-order valence-corrected chi connectivity index (χ2v) is 2.96. The van der Waals surface area contributed by atoms with Gasteiger partial charge in [-0.2, -0.15) is 0 Å². The van der Waals surface area contributed by atoms with Gasteiger partial charge in [-0.15, -0.1) is 37.2 Å². The van der Waals surface area contributed by atoms with E-state index in [1.807, 2.05) is 42.5 Å². The number of anilines is 3. The van der Waals surface area contributed by atoms with E-state index in [1.165, 1.54) is 0 Å². The molecule has 6 heteroatoms. The lowest BCUT2D eigenvalue weighted by Crippen LogP contribution is -1.92. The Morgan fingerprint density at radius 3 is 2.06 bits per heavy atom. The number of hydrogen-bond donors (Lipinski definition) is 2. The summed E-state index contributed by atoms with van der Waals surface area (Å²) in [4.78, 5) is 4.15. The number of aromatic nitrogens is 1. The van der Waals surface area contributed by atoms with Crippen LogP contribution >= 0.6 is 37.2 Å². The molecule has 1 aromatic carbocycles. The normalized spacial score (nSPS) is 8.00. The second kappa shape index (κ2) is 8.93. The molecule has 0 aliphatic rings. The molecule has 0 unspecified atom stereocenters. The molecule has 0 radical (unpaired) electrons. The van der Waals surface area contributed by atoms with Gasteiger partial charge in [0.25, 0.3) is 0 Å². The third-order valence-corrected chi connectivity index (χ3v) is 1.85. The van der Waals surface area contributed by atoms with Gasteiger partial charge in [-0.1, -0.05) is 6.07 Å². The zero-order valence-electron chi connectivity index (χ0n) is 8.87. The summed E-state index contributed by atoms with van der Waals surface area (Å²) in [5.74, 6) is 0.831. The van der Waals surface area contributed by atoms with E-state index in [4.69, 9.17) is 5.73 Å². The lowest BCUT2D eigenvalue weighted by Gasteiger charge is -2.04. The third kappa shape index (κ3) is 5.63. The van der Waals surface area contributed by atoms with E-state index in [2.05, 4.69) is 10.3 Å². The van der Waals surface area contributed by atoms with Gasteiger partial charge >= 0.3 is 0 Å². The molecule has 0 saturated heterocycles. The highest BCUT2D eigenvalue weighted by Crippen LogP contribution is 2.15. The average molecular weight is 295 g/mol. The number of hydrogen-bond acceptors (Lipinski definition) is 3. The molecule has 2 aromatic rings. The zero-order chi connectivity index (χ0) is 9.80. The van der Waals surface area contributed by atoms with Gasteiger partial charge in [0.15, 0.2) is 0 Å². The summed E-state index contributed by atoms with van der Waals surface area (Å²) in [6, 6.07) is 13.3. The summed E-state index contributed by atoms with van der Waals surface area (Å²) in [7, 11) is 0. The maximum absolute atomic E-state index is 5.58. The molecule has 1 heterocycles. The van der Waals surface area contributed by atoms with Gasteiger partial charge in [-0.25, -0.2) is 4.98 Å². The molecule has 17 heavy (non-hydrogen) atoms. The summed E-state index contributed by atoms with van der Waals surface area (Å²) in [6.07, 6.45) is 1.75. The fraction of sp³-hybridized carbons (Fsp3) is 0. The highest BCUT2D eigenvalue weighted by atomic mass is 35.5. The summed E-state index contributed by atoms with van der Waals surface area (Å²) >= 11 is 0. The molecule has 0 amide bonds. The fourth-order valence-corrected chi connectivity index (χ4v) is 1.15. The number of nitrogens with two attached hydrogens (primary N) is 1. The van der Waals surface area contributed by atoms with Crippen LogP contribution in [-0.2, 0) is 0 Å². The fourth-order valence-electron chi connectivity index (χ4n) is 1.15. The Morgan fingerprint density at radius 1 is 0.882 bits per heavy atom. The van der Waals surface area contributed by atoms with Crippen molar-refractivity contribution in [1.82, 2.24) is 4.98 Å². The molecular formula is C11H14Cl3N3. The molecule has 0 aliphatic heterocycles. The van der Waals surface area contributed by atoms with E-state index >= 15 is 0 Å². The average Bonchev–Trinajstić information content (AvgIpc) is 2.23. The Hall–Kier alpha value is -1.16. The molecule has 3 N–H and O–H groups in total. The lowest BCUT2D eigenvalue weighted by molar-refractivity contribution is 1.31. The van der Waals surface area contributed by atoms with E-state index < -0.39 is 0 Å². The van der Waals surface area contributed by atoms with E-state index in [-0.39, 0.29) is 37.2 Å². The number of benzene rings is 1. The molecule has 2 rings (SSSR count). The maximum atomic E-state index is 5.58. The van der Waals surface area contributed by atoms with Crippen LogP contribution in [0.15, 0.2) is 48.7 Å². The number of nitrogen functional groups attached to an aromatic ring is 1.